The van der Waals surface area contributed by atoms with Crippen LogP contribution in [0.4, 0.5) is 10.1 Å². The van der Waals surface area contributed by atoms with Crippen molar-refractivity contribution >= 4 is 23.1 Å². The first-order chi connectivity index (χ1) is 10.0. The van der Waals surface area contributed by atoms with Crippen LogP contribution in [0.3, 0.4) is 0 Å². The maximum absolute atomic E-state index is 13.3. The number of oxime groups is 1. The van der Waals surface area contributed by atoms with Crippen molar-refractivity contribution in [2.24, 2.45) is 10.9 Å². The lowest BCUT2D eigenvalue weighted by Gasteiger charge is -2.14. The Kier molecular flexibility index (Phi) is 4.65. The molecule has 0 atom stereocenters. The van der Waals surface area contributed by atoms with Gasteiger partial charge in [-0.2, -0.15) is 0 Å². The van der Waals surface area contributed by atoms with E-state index < -0.39 is 5.82 Å². The predicted octanol–water partition coefficient (Wildman–Crippen LogP) is 3.49. The third-order valence-corrected chi connectivity index (χ3v) is 3.45. The van der Waals surface area contributed by atoms with Crippen molar-refractivity contribution in [2.45, 2.75) is 13.5 Å². The lowest BCUT2D eigenvalue weighted by Crippen LogP contribution is -2.17. The van der Waals surface area contributed by atoms with Gasteiger partial charge in [-0.3, -0.25) is 0 Å². The number of para-hydroxylation sites is 1. The second kappa shape index (κ2) is 6.45. The number of hydrogen-bond donors (Lipinski definition) is 3. The van der Waals surface area contributed by atoms with Gasteiger partial charge in [0, 0.05) is 12.1 Å². The Labute approximate surface area is 127 Å². The normalized spacial score (nSPS) is 11.5. The summed E-state index contributed by atoms with van der Waals surface area (Å²) in [5, 5.41) is 15.5. The van der Waals surface area contributed by atoms with Gasteiger partial charge in [-0.25, -0.2) is 4.39 Å². The molecule has 2 aromatic carbocycles. The molecular formula is C15H15ClFN3O. The Balaban J connectivity index is 2.28. The van der Waals surface area contributed by atoms with E-state index in [9.17, 15) is 4.39 Å². The maximum atomic E-state index is 13.3. The van der Waals surface area contributed by atoms with E-state index in [4.69, 9.17) is 22.5 Å². The molecule has 0 aliphatic rings. The van der Waals surface area contributed by atoms with E-state index in [1.54, 1.807) is 12.1 Å². The van der Waals surface area contributed by atoms with Gasteiger partial charge in [0.05, 0.1) is 10.7 Å². The average Bonchev–Trinajstić information content (AvgIpc) is 2.47. The standard InChI is InChI=1S/C15H15ClFN3O/c1-9-3-2-4-13(16)14(9)19-8-10-5-6-11(17)7-12(10)15(18)20-21/h2-7,19,21H,8H2,1H3,(H2,18,20). The zero-order valence-corrected chi connectivity index (χ0v) is 12.2. The molecule has 0 saturated heterocycles. The molecular weight excluding hydrogens is 293 g/mol. The van der Waals surface area contributed by atoms with Gasteiger partial charge in [-0.1, -0.05) is 35.0 Å². The largest absolute Gasteiger partial charge is 0.409 e. The minimum absolute atomic E-state index is 0.137. The van der Waals surface area contributed by atoms with Crippen molar-refractivity contribution in [3.8, 4) is 0 Å². The SMILES string of the molecule is Cc1cccc(Cl)c1NCc1ccc(F)cc1C(N)=NO. The van der Waals surface area contributed by atoms with Crippen molar-refractivity contribution < 1.29 is 9.60 Å². The Morgan fingerprint density at radius 2 is 2.14 bits per heavy atom. The van der Waals surface area contributed by atoms with Crippen LogP contribution in [0, 0.1) is 12.7 Å². The lowest BCUT2D eigenvalue weighted by atomic mass is 10.1. The van der Waals surface area contributed by atoms with Gasteiger partial charge in [-0.15, -0.1) is 0 Å². The fraction of sp³-hybridized carbons (Fsp3) is 0.133. The van der Waals surface area contributed by atoms with E-state index in [2.05, 4.69) is 10.5 Å². The third-order valence-electron chi connectivity index (χ3n) is 3.13. The fourth-order valence-electron chi connectivity index (χ4n) is 2.03. The smallest absolute Gasteiger partial charge is 0.170 e. The molecule has 4 nitrogen and oxygen atoms in total. The Morgan fingerprint density at radius 3 is 2.81 bits per heavy atom. The van der Waals surface area contributed by atoms with Gasteiger partial charge in [0.25, 0.3) is 0 Å². The molecule has 0 aliphatic heterocycles. The number of nitrogens with two attached hydrogens (primary N) is 1. The summed E-state index contributed by atoms with van der Waals surface area (Å²) in [6, 6.07) is 9.72. The Morgan fingerprint density at radius 1 is 1.38 bits per heavy atom. The van der Waals surface area contributed by atoms with Crippen LogP contribution in [0.5, 0.6) is 0 Å². The van der Waals surface area contributed by atoms with Crippen LogP contribution in [0.1, 0.15) is 16.7 Å². The number of nitrogens with one attached hydrogen (secondary N) is 1. The fourth-order valence-corrected chi connectivity index (χ4v) is 2.32. The van der Waals surface area contributed by atoms with Gasteiger partial charge >= 0.3 is 0 Å². The summed E-state index contributed by atoms with van der Waals surface area (Å²) in [6.07, 6.45) is 0. The molecule has 2 rings (SSSR count). The van der Waals surface area contributed by atoms with Gasteiger partial charge < -0.3 is 16.3 Å². The average molecular weight is 308 g/mol. The van der Waals surface area contributed by atoms with Crippen molar-refractivity contribution in [2.75, 3.05) is 5.32 Å². The molecule has 0 saturated carbocycles. The summed E-state index contributed by atoms with van der Waals surface area (Å²) in [5.74, 6) is -0.587. The monoisotopic (exact) mass is 307 g/mol. The quantitative estimate of drug-likeness (QED) is 0.350. The van der Waals surface area contributed by atoms with Crippen LogP contribution < -0.4 is 11.1 Å². The van der Waals surface area contributed by atoms with Crippen LogP contribution in [-0.2, 0) is 6.54 Å². The molecule has 21 heavy (non-hydrogen) atoms. The van der Waals surface area contributed by atoms with Crippen molar-refractivity contribution in [3.05, 3.63) is 63.9 Å². The van der Waals surface area contributed by atoms with Crippen molar-refractivity contribution in [1.29, 1.82) is 0 Å². The molecule has 0 fully saturated rings. The van der Waals surface area contributed by atoms with Crippen LogP contribution in [0.25, 0.3) is 0 Å². The molecule has 0 unspecified atom stereocenters. The zero-order valence-electron chi connectivity index (χ0n) is 11.4. The lowest BCUT2D eigenvalue weighted by molar-refractivity contribution is 0.318. The van der Waals surface area contributed by atoms with E-state index in [1.165, 1.54) is 12.1 Å². The number of hydrogen-bond acceptors (Lipinski definition) is 3. The van der Waals surface area contributed by atoms with Crippen molar-refractivity contribution in [1.82, 2.24) is 0 Å². The number of anilines is 1. The predicted molar refractivity (Wildman–Crippen MR) is 82.4 cm³/mol. The molecule has 0 aliphatic carbocycles. The number of aryl methyl sites for hydroxylation is 1. The highest BCUT2D eigenvalue weighted by Crippen LogP contribution is 2.26. The third kappa shape index (κ3) is 3.44. The maximum Gasteiger partial charge on any atom is 0.170 e. The first-order valence-corrected chi connectivity index (χ1v) is 6.66. The molecule has 0 amide bonds. The van der Waals surface area contributed by atoms with Gasteiger partial charge in [0.2, 0.25) is 0 Å². The summed E-state index contributed by atoms with van der Waals surface area (Å²) in [7, 11) is 0. The minimum Gasteiger partial charge on any atom is -0.409 e. The molecule has 0 spiro atoms. The molecule has 6 heteroatoms. The summed E-state index contributed by atoms with van der Waals surface area (Å²) < 4.78 is 13.3. The zero-order chi connectivity index (χ0) is 15.4. The van der Waals surface area contributed by atoms with E-state index >= 15 is 0 Å². The van der Waals surface area contributed by atoms with Gasteiger partial charge in [0.1, 0.15) is 5.82 Å². The first-order valence-electron chi connectivity index (χ1n) is 6.28. The number of benzene rings is 2. The number of rotatable bonds is 4. The van der Waals surface area contributed by atoms with Crippen molar-refractivity contribution in [3.63, 3.8) is 0 Å². The second-order valence-corrected chi connectivity index (χ2v) is 4.98. The van der Waals surface area contributed by atoms with Gasteiger partial charge in [0.15, 0.2) is 5.84 Å². The van der Waals surface area contributed by atoms with Gasteiger partial charge in [-0.05, 0) is 36.2 Å². The molecule has 4 N–H and O–H groups in total. The first kappa shape index (κ1) is 15.1. The van der Waals surface area contributed by atoms with E-state index in [0.717, 1.165) is 11.3 Å². The summed E-state index contributed by atoms with van der Waals surface area (Å²) in [5.41, 5.74) is 8.41. The topological polar surface area (TPSA) is 70.6 Å². The molecule has 0 heterocycles. The van der Waals surface area contributed by atoms with E-state index in [1.807, 2.05) is 19.1 Å². The molecule has 0 aromatic heterocycles. The highest BCUT2D eigenvalue weighted by molar-refractivity contribution is 6.33. The van der Waals surface area contributed by atoms with E-state index in [0.29, 0.717) is 22.7 Å². The van der Waals surface area contributed by atoms with E-state index in [-0.39, 0.29) is 5.84 Å². The Hall–Kier alpha value is -2.27. The van der Waals surface area contributed by atoms with Crippen LogP contribution >= 0.6 is 11.6 Å². The molecule has 0 bridgehead atoms. The summed E-state index contributed by atoms with van der Waals surface area (Å²) in [4.78, 5) is 0. The van der Waals surface area contributed by atoms with Crippen LogP contribution in [-0.4, -0.2) is 11.0 Å². The number of amidine groups is 1. The van der Waals surface area contributed by atoms with Crippen LogP contribution in [0.15, 0.2) is 41.6 Å². The summed E-state index contributed by atoms with van der Waals surface area (Å²) >= 11 is 6.14. The number of nitrogens with zero attached hydrogens (tertiary/aromatic N) is 1. The molecule has 2 aromatic rings. The van der Waals surface area contributed by atoms with Crippen LogP contribution in [0.2, 0.25) is 5.02 Å². The summed E-state index contributed by atoms with van der Waals surface area (Å²) in [6.45, 7) is 2.31. The second-order valence-electron chi connectivity index (χ2n) is 4.57. The molecule has 110 valence electrons. The number of halogens is 2. The Bertz CT molecular complexity index is 668. The minimum atomic E-state index is -0.450. The molecule has 0 radical (unpaired) electrons. The highest BCUT2D eigenvalue weighted by Gasteiger charge is 2.10. The highest BCUT2D eigenvalue weighted by atomic mass is 35.5.